The van der Waals surface area contributed by atoms with E-state index in [1.165, 1.54) is 9.87 Å². The van der Waals surface area contributed by atoms with E-state index in [-0.39, 0.29) is 19.1 Å². The van der Waals surface area contributed by atoms with Gasteiger partial charge < -0.3 is 18.9 Å². The molecule has 1 fully saturated rings. The monoisotopic (exact) mass is 552 g/mol. The van der Waals surface area contributed by atoms with Crippen molar-refractivity contribution < 1.29 is 22.7 Å². The average Bonchev–Trinajstić information content (AvgIpc) is 3.42. The van der Waals surface area contributed by atoms with Crippen LogP contribution in [-0.4, -0.2) is 73.0 Å². The lowest BCUT2D eigenvalue weighted by molar-refractivity contribution is -0.137. The molecule has 0 radical (unpaired) electrons. The molecule has 1 amide bonds. The molecule has 1 unspecified atom stereocenters. The summed E-state index contributed by atoms with van der Waals surface area (Å²) in [4.78, 5) is 19.2. The van der Waals surface area contributed by atoms with E-state index in [4.69, 9.17) is 9.47 Å². The molecule has 5 rings (SSSR count). The van der Waals surface area contributed by atoms with Gasteiger partial charge in [0.1, 0.15) is 12.4 Å². The molecule has 3 aromatic rings. The number of aryl methyl sites for hydroxylation is 2. The molecule has 4 heterocycles. The van der Waals surface area contributed by atoms with E-state index in [9.17, 15) is 13.2 Å². The van der Waals surface area contributed by atoms with Crippen molar-refractivity contribution in [3.05, 3.63) is 77.4 Å². The Bertz CT molecular complexity index is 1390. The molecule has 1 atom stereocenters. The van der Waals surface area contributed by atoms with E-state index in [1.807, 2.05) is 47.8 Å². The van der Waals surface area contributed by atoms with Crippen LogP contribution in [0.15, 0.2) is 59.9 Å². The molecule has 0 spiro atoms. The van der Waals surface area contributed by atoms with Gasteiger partial charge in [0.15, 0.2) is 0 Å². The Labute approximate surface area is 230 Å². The second-order valence-corrected chi connectivity index (χ2v) is 12.1. The van der Waals surface area contributed by atoms with Gasteiger partial charge in [0.2, 0.25) is 15.9 Å². The summed E-state index contributed by atoms with van der Waals surface area (Å²) in [5.41, 5.74) is 3.40. The normalized spacial score (nSPS) is 18.6. The molecule has 208 valence electrons. The van der Waals surface area contributed by atoms with E-state index < -0.39 is 16.1 Å². The number of rotatable bonds is 8. The highest BCUT2D eigenvalue weighted by molar-refractivity contribution is 7.89. The van der Waals surface area contributed by atoms with Gasteiger partial charge in [0.25, 0.3) is 0 Å². The van der Waals surface area contributed by atoms with Crippen molar-refractivity contribution in [3.8, 4) is 5.75 Å². The minimum absolute atomic E-state index is 0.0642. The first-order valence-corrected chi connectivity index (χ1v) is 14.8. The maximum atomic E-state index is 14.0. The van der Waals surface area contributed by atoms with Crippen molar-refractivity contribution >= 4 is 15.9 Å². The average molecular weight is 553 g/mol. The fourth-order valence-electron chi connectivity index (χ4n) is 5.90. The number of sulfonamides is 1. The third kappa shape index (κ3) is 5.59. The zero-order valence-electron chi connectivity index (χ0n) is 22.7. The first-order chi connectivity index (χ1) is 18.8. The number of nitrogens with zero attached hydrogens (tertiary/aromatic N) is 4. The number of carbonyl (C=O) groups excluding carboxylic acids is 1. The topological polar surface area (TPSA) is 94.0 Å². The van der Waals surface area contributed by atoms with Crippen LogP contribution in [0.2, 0.25) is 0 Å². The molecule has 9 nitrogen and oxygen atoms in total. The molecule has 0 saturated carbocycles. The van der Waals surface area contributed by atoms with Gasteiger partial charge in [-0.15, -0.1) is 0 Å². The number of hydrogen-bond donors (Lipinski definition) is 0. The number of likely N-dealkylation sites (tertiary alicyclic amines) is 1. The molecule has 10 heteroatoms. The van der Waals surface area contributed by atoms with Gasteiger partial charge in [-0.05, 0) is 85.7 Å². The van der Waals surface area contributed by atoms with Crippen LogP contribution in [0, 0.1) is 13.8 Å². The first-order valence-electron chi connectivity index (χ1n) is 13.4. The molecule has 0 aliphatic carbocycles. The molecule has 0 bridgehead atoms. The summed E-state index contributed by atoms with van der Waals surface area (Å²) in [6.07, 6.45) is 7.37. The summed E-state index contributed by atoms with van der Waals surface area (Å²) < 4.78 is 42.9. The number of fused-ring (bicyclic) bond motifs is 1. The molecule has 2 aliphatic heterocycles. The van der Waals surface area contributed by atoms with Crippen LogP contribution in [0.4, 0.5) is 0 Å². The smallest absolute Gasteiger partial charge is 0.248 e. The number of benzene rings is 1. The number of methoxy groups -OCH3 is 1. The summed E-state index contributed by atoms with van der Waals surface area (Å²) >= 11 is 0. The zero-order valence-corrected chi connectivity index (χ0v) is 23.6. The number of aromatic nitrogens is 2. The predicted octanol–water partition coefficient (Wildman–Crippen LogP) is 3.68. The molecule has 39 heavy (non-hydrogen) atoms. The molecule has 2 aliphatic rings. The van der Waals surface area contributed by atoms with Gasteiger partial charge in [-0.2, -0.15) is 4.31 Å². The van der Waals surface area contributed by atoms with E-state index in [0.29, 0.717) is 53.9 Å². The van der Waals surface area contributed by atoms with Crippen LogP contribution in [0.25, 0.3) is 0 Å². The fourth-order valence-corrected chi connectivity index (χ4v) is 7.89. The van der Waals surface area contributed by atoms with Gasteiger partial charge in [-0.25, -0.2) is 8.42 Å². The van der Waals surface area contributed by atoms with E-state index in [2.05, 4.69) is 9.55 Å². The van der Waals surface area contributed by atoms with Crippen molar-refractivity contribution in [1.82, 2.24) is 18.8 Å². The number of ether oxygens (including phenoxy) is 2. The van der Waals surface area contributed by atoms with Gasteiger partial charge in [-0.1, -0.05) is 0 Å². The molecule has 1 saturated heterocycles. The SMILES string of the molecule is COc1cc(C)c(S(=O)(=O)N2CCn3cccc3C2COCC(=O)N2CCC(c3ccncc3)CC2)c(C)c1. The number of amides is 1. The summed E-state index contributed by atoms with van der Waals surface area (Å²) in [7, 11) is -2.27. The van der Waals surface area contributed by atoms with Gasteiger partial charge >= 0.3 is 0 Å². The quantitative estimate of drug-likeness (QED) is 0.423. The molecular formula is C29H36N4O5S. The zero-order chi connectivity index (χ0) is 27.6. The van der Waals surface area contributed by atoms with Gasteiger partial charge in [0, 0.05) is 50.5 Å². The van der Waals surface area contributed by atoms with Crippen LogP contribution >= 0.6 is 0 Å². The second-order valence-electron chi connectivity index (χ2n) is 10.3. The van der Waals surface area contributed by atoms with Crippen LogP contribution in [0.5, 0.6) is 5.75 Å². The number of carbonyl (C=O) groups is 1. The van der Waals surface area contributed by atoms with E-state index >= 15 is 0 Å². The Kier molecular flexibility index (Phi) is 8.06. The lowest BCUT2D eigenvalue weighted by Crippen LogP contribution is -2.45. The van der Waals surface area contributed by atoms with Crippen LogP contribution in [-0.2, 0) is 26.1 Å². The number of piperidine rings is 1. The Morgan fingerprint density at radius 2 is 1.72 bits per heavy atom. The molecular weight excluding hydrogens is 516 g/mol. The van der Waals surface area contributed by atoms with Crippen molar-refractivity contribution in [2.24, 2.45) is 0 Å². The Balaban J connectivity index is 1.27. The Hall–Kier alpha value is -3.21. The summed E-state index contributed by atoms with van der Waals surface area (Å²) in [5.74, 6) is 0.988. The van der Waals surface area contributed by atoms with Crippen LogP contribution in [0.3, 0.4) is 0 Å². The molecule has 0 N–H and O–H groups in total. The Morgan fingerprint density at radius 1 is 1.03 bits per heavy atom. The third-order valence-corrected chi connectivity index (χ3v) is 10.1. The van der Waals surface area contributed by atoms with Crippen molar-refractivity contribution in [1.29, 1.82) is 0 Å². The van der Waals surface area contributed by atoms with Gasteiger partial charge in [-0.3, -0.25) is 9.78 Å². The first kappa shape index (κ1) is 27.4. The fraction of sp³-hybridized carbons (Fsp3) is 0.448. The third-order valence-electron chi connectivity index (χ3n) is 7.88. The van der Waals surface area contributed by atoms with Crippen molar-refractivity contribution in [2.45, 2.75) is 50.1 Å². The minimum Gasteiger partial charge on any atom is -0.497 e. The summed E-state index contributed by atoms with van der Waals surface area (Å²) in [6.45, 7) is 5.82. The minimum atomic E-state index is -3.84. The highest BCUT2D eigenvalue weighted by Crippen LogP contribution is 2.35. The molecule has 2 aromatic heterocycles. The van der Waals surface area contributed by atoms with E-state index in [0.717, 1.165) is 18.5 Å². The highest BCUT2D eigenvalue weighted by Gasteiger charge is 2.38. The van der Waals surface area contributed by atoms with E-state index in [1.54, 1.807) is 33.1 Å². The Morgan fingerprint density at radius 3 is 2.38 bits per heavy atom. The lowest BCUT2D eigenvalue weighted by atomic mass is 9.90. The number of pyridine rings is 1. The van der Waals surface area contributed by atoms with Crippen LogP contribution in [0.1, 0.15) is 47.2 Å². The largest absolute Gasteiger partial charge is 0.497 e. The maximum absolute atomic E-state index is 14.0. The van der Waals surface area contributed by atoms with Crippen LogP contribution < -0.4 is 4.74 Å². The molecule has 1 aromatic carbocycles. The van der Waals surface area contributed by atoms with Crippen molar-refractivity contribution in [3.63, 3.8) is 0 Å². The lowest BCUT2D eigenvalue weighted by Gasteiger charge is -2.36. The highest BCUT2D eigenvalue weighted by atomic mass is 32.2. The maximum Gasteiger partial charge on any atom is 0.248 e. The second kappa shape index (κ2) is 11.5. The summed E-state index contributed by atoms with van der Waals surface area (Å²) in [5, 5.41) is 0. The van der Waals surface area contributed by atoms with Gasteiger partial charge in [0.05, 0.1) is 24.7 Å². The summed E-state index contributed by atoms with van der Waals surface area (Å²) in [6, 6.07) is 10.9. The standard InChI is InChI=1S/C29H36N4O5S/c1-21-17-25(37-3)18-22(2)29(21)39(35,36)33-16-15-31-12-4-5-26(31)27(33)19-38-20-28(34)32-13-8-24(9-14-32)23-6-10-30-11-7-23/h4-7,10-12,17-18,24,27H,8-9,13-16,19-20H2,1-3H3. The number of hydrogen-bond acceptors (Lipinski definition) is 6. The predicted molar refractivity (Wildman–Crippen MR) is 147 cm³/mol. The van der Waals surface area contributed by atoms with Crippen molar-refractivity contribution in [2.75, 3.05) is 40.0 Å².